The predicted octanol–water partition coefficient (Wildman–Crippen LogP) is 4.08. The van der Waals surface area contributed by atoms with E-state index in [1.54, 1.807) is 11.8 Å². The zero-order valence-corrected chi connectivity index (χ0v) is 18.0. The number of anilines is 1. The molecule has 4 rings (SSSR count). The number of nitrogens with one attached hydrogen (secondary N) is 2. The second-order valence-electron chi connectivity index (χ2n) is 7.28. The number of benzene rings is 1. The number of hydrogen-bond acceptors (Lipinski definition) is 6. The number of aryl methyl sites for hydroxylation is 1. The van der Waals surface area contributed by atoms with Gasteiger partial charge in [-0.05, 0) is 45.6 Å². The lowest BCUT2D eigenvalue weighted by Gasteiger charge is -2.13. The molecular weight excluding hydrogens is 384 g/mol. The van der Waals surface area contributed by atoms with Crippen molar-refractivity contribution < 1.29 is 4.74 Å². The van der Waals surface area contributed by atoms with Crippen LogP contribution in [0.3, 0.4) is 0 Å². The number of hydrogen-bond donors (Lipinski definition) is 3. The Hall–Kier alpha value is -2.55. The topological polar surface area (TPSA) is 95.8 Å². The number of fused-ring (bicyclic) bond motifs is 2. The summed E-state index contributed by atoms with van der Waals surface area (Å²) in [6.45, 7) is 5.90. The molecule has 0 saturated carbocycles. The summed E-state index contributed by atoms with van der Waals surface area (Å²) in [4.78, 5) is 20.3. The van der Waals surface area contributed by atoms with Crippen molar-refractivity contribution in [2.24, 2.45) is 0 Å². The highest BCUT2D eigenvalue weighted by molar-refractivity contribution is 7.99. The number of nitrogen functional groups attached to an aromatic ring is 1. The van der Waals surface area contributed by atoms with Crippen molar-refractivity contribution in [1.29, 1.82) is 0 Å². The lowest BCUT2D eigenvalue weighted by Crippen LogP contribution is -2.10. The predicted molar refractivity (Wildman–Crippen MR) is 118 cm³/mol. The fourth-order valence-corrected chi connectivity index (χ4v) is 4.56. The lowest BCUT2D eigenvalue weighted by molar-refractivity contribution is 0.129. The third-order valence-electron chi connectivity index (χ3n) is 4.76. The summed E-state index contributed by atoms with van der Waals surface area (Å²) in [5.74, 6) is 1.20. The summed E-state index contributed by atoms with van der Waals surface area (Å²) in [6, 6.07) is 6.50. The Kier molecular flexibility index (Phi) is 5.49. The number of pyridine rings is 1. The first kappa shape index (κ1) is 19.8. The maximum atomic E-state index is 6.15. The second kappa shape index (κ2) is 8.06. The van der Waals surface area contributed by atoms with Crippen LogP contribution in [-0.4, -0.2) is 45.5 Å². The van der Waals surface area contributed by atoms with Gasteiger partial charge in [-0.25, -0.2) is 9.97 Å². The number of aromatic nitrogens is 4. The highest BCUT2D eigenvalue weighted by Gasteiger charge is 2.18. The summed E-state index contributed by atoms with van der Waals surface area (Å²) in [7, 11) is 4.17. The van der Waals surface area contributed by atoms with Gasteiger partial charge in [-0.15, -0.1) is 0 Å². The number of aromatic amines is 2. The van der Waals surface area contributed by atoms with E-state index in [-0.39, 0.29) is 0 Å². The molecule has 0 aliphatic carbocycles. The molecule has 3 heterocycles. The van der Waals surface area contributed by atoms with Crippen molar-refractivity contribution in [2.45, 2.75) is 36.8 Å². The maximum Gasteiger partial charge on any atom is 0.151 e. The Morgan fingerprint density at radius 3 is 2.76 bits per heavy atom. The van der Waals surface area contributed by atoms with Crippen LogP contribution >= 0.6 is 11.8 Å². The second-order valence-corrected chi connectivity index (χ2v) is 8.34. The normalized spacial score (nSPS) is 11.9. The Morgan fingerprint density at radius 2 is 2.00 bits per heavy atom. The van der Waals surface area contributed by atoms with Crippen LogP contribution in [0.15, 0.2) is 34.2 Å². The Balaban J connectivity index is 1.78. The molecule has 0 amide bonds. The number of ether oxygens (including phenoxy) is 1. The first-order chi connectivity index (χ1) is 14.0. The van der Waals surface area contributed by atoms with E-state index in [0.717, 1.165) is 38.9 Å². The Labute approximate surface area is 174 Å². The van der Waals surface area contributed by atoms with Gasteiger partial charge in [0.25, 0.3) is 0 Å². The quantitative estimate of drug-likeness (QED) is 0.425. The van der Waals surface area contributed by atoms with Gasteiger partial charge in [0.15, 0.2) is 5.82 Å². The number of nitrogens with zero attached hydrogens (tertiary/aromatic N) is 3. The SMILES string of the molecule is CCOCc1nc2c(N)nc(C)c(Sc3ccc(CN(C)C)c4cc[nH]c34)c2[nH]1. The van der Waals surface area contributed by atoms with E-state index in [4.69, 9.17) is 10.5 Å². The molecule has 29 heavy (non-hydrogen) atoms. The summed E-state index contributed by atoms with van der Waals surface area (Å²) in [6.07, 6.45) is 1.99. The molecule has 7 nitrogen and oxygen atoms in total. The fraction of sp³-hybridized carbons (Fsp3) is 0.333. The van der Waals surface area contributed by atoms with Crippen LogP contribution < -0.4 is 5.73 Å². The summed E-state index contributed by atoms with van der Waals surface area (Å²) in [5.41, 5.74) is 11.1. The van der Waals surface area contributed by atoms with Gasteiger partial charge in [-0.2, -0.15) is 0 Å². The standard InChI is InChI=1S/C21H26N6OS/c1-5-28-11-16-25-18-19(26-16)21(22)24-12(2)20(18)29-15-7-6-13(10-27(3)4)14-8-9-23-17(14)15/h6-9,23H,5,10-11H2,1-4H3,(H2,22,24)(H,25,26). The Bertz CT molecular complexity index is 1160. The van der Waals surface area contributed by atoms with E-state index < -0.39 is 0 Å². The minimum Gasteiger partial charge on any atom is -0.382 e. The van der Waals surface area contributed by atoms with Crippen LogP contribution in [0.25, 0.3) is 21.9 Å². The van der Waals surface area contributed by atoms with Gasteiger partial charge < -0.3 is 25.3 Å². The molecule has 1 aromatic carbocycles. The van der Waals surface area contributed by atoms with Crippen molar-refractivity contribution in [1.82, 2.24) is 24.8 Å². The molecule has 0 aliphatic heterocycles. The van der Waals surface area contributed by atoms with Gasteiger partial charge in [0, 0.05) is 29.6 Å². The van der Waals surface area contributed by atoms with Crippen molar-refractivity contribution in [2.75, 3.05) is 26.4 Å². The van der Waals surface area contributed by atoms with Crippen molar-refractivity contribution in [3.63, 3.8) is 0 Å². The van der Waals surface area contributed by atoms with Crippen LogP contribution in [0.1, 0.15) is 24.0 Å². The third kappa shape index (κ3) is 3.83. The average molecular weight is 411 g/mol. The molecule has 4 N–H and O–H groups in total. The van der Waals surface area contributed by atoms with Gasteiger partial charge in [0.05, 0.1) is 21.6 Å². The third-order valence-corrected chi connectivity index (χ3v) is 6.02. The lowest BCUT2D eigenvalue weighted by atomic mass is 10.1. The monoisotopic (exact) mass is 410 g/mol. The van der Waals surface area contributed by atoms with E-state index >= 15 is 0 Å². The molecule has 0 bridgehead atoms. The van der Waals surface area contributed by atoms with E-state index in [9.17, 15) is 0 Å². The van der Waals surface area contributed by atoms with Gasteiger partial charge in [-0.3, -0.25) is 0 Å². The number of nitrogens with two attached hydrogens (primary N) is 1. The molecule has 0 aliphatic rings. The van der Waals surface area contributed by atoms with Crippen LogP contribution in [-0.2, 0) is 17.9 Å². The molecule has 0 unspecified atom stereocenters. The number of H-pyrrole nitrogens is 2. The first-order valence-electron chi connectivity index (χ1n) is 9.61. The van der Waals surface area contributed by atoms with Crippen LogP contribution in [0.4, 0.5) is 5.82 Å². The van der Waals surface area contributed by atoms with E-state index in [1.807, 2.05) is 20.0 Å². The van der Waals surface area contributed by atoms with Crippen molar-refractivity contribution in [3.8, 4) is 0 Å². The minimum atomic E-state index is 0.424. The van der Waals surface area contributed by atoms with Gasteiger partial charge in [-0.1, -0.05) is 17.8 Å². The summed E-state index contributed by atoms with van der Waals surface area (Å²) in [5, 5.41) is 1.24. The highest BCUT2D eigenvalue weighted by Crippen LogP contribution is 2.39. The zero-order valence-electron chi connectivity index (χ0n) is 17.2. The molecule has 0 atom stereocenters. The Morgan fingerprint density at radius 1 is 1.17 bits per heavy atom. The van der Waals surface area contributed by atoms with Crippen LogP contribution in [0.2, 0.25) is 0 Å². The highest BCUT2D eigenvalue weighted by atomic mass is 32.2. The smallest absolute Gasteiger partial charge is 0.151 e. The van der Waals surface area contributed by atoms with Crippen molar-refractivity contribution >= 4 is 39.5 Å². The minimum absolute atomic E-state index is 0.424. The summed E-state index contributed by atoms with van der Waals surface area (Å²) < 4.78 is 5.50. The summed E-state index contributed by atoms with van der Waals surface area (Å²) >= 11 is 1.68. The largest absolute Gasteiger partial charge is 0.382 e. The molecule has 0 spiro atoms. The molecule has 0 saturated heterocycles. The van der Waals surface area contributed by atoms with Gasteiger partial charge in [0.1, 0.15) is 17.9 Å². The molecule has 4 aromatic rings. The number of imidazole rings is 1. The van der Waals surface area contributed by atoms with Crippen LogP contribution in [0, 0.1) is 6.92 Å². The molecule has 152 valence electrons. The van der Waals surface area contributed by atoms with Gasteiger partial charge in [0.2, 0.25) is 0 Å². The maximum absolute atomic E-state index is 6.15. The fourth-order valence-electron chi connectivity index (χ4n) is 3.49. The molecule has 3 aromatic heterocycles. The zero-order chi connectivity index (χ0) is 20.5. The van der Waals surface area contributed by atoms with Crippen molar-refractivity contribution in [3.05, 3.63) is 41.5 Å². The molecular formula is C21H26N6OS. The van der Waals surface area contributed by atoms with Crippen LogP contribution in [0.5, 0.6) is 0 Å². The molecule has 0 fully saturated rings. The molecule has 8 heteroatoms. The van der Waals surface area contributed by atoms with E-state index in [2.05, 4.69) is 57.1 Å². The van der Waals surface area contributed by atoms with Gasteiger partial charge >= 0.3 is 0 Å². The first-order valence-corrected chi connectivity index (χ1v) is 10.4. The molecule has 0 radical (unpaired) electrons. The number of rotatable bonds is 7. The average Bonchev–Trinajstić information content (AvgIpc) is 3.32. The van der Waals surface area contributed by atoms with E-state index in [1.165, 1.54) is 10.9 Å². The van der Waals surface area contributed by atoms with E-state index in [0.29, 0.717) is 24.5 Å².